The Balaban J connectivity index is 1.78. The Bertz CT molecular complexity index is 399. The quantitative estimate of drug-likeness (QED) is 0.754. The van der Waals surface area contributed by atoms with E-state index in [4.69, 9.17) is 0 Å². The second-order valence-corrected chi connectivity index (χ2v) is 5.90. The van der Waals surface area contributed by atoms with Gasteiger partial charge in [0.2, 0.25) is 0 Å². The largest absolute Gasteiger partial charge is 0.305 e. The van der Waals surface area contributed by atoms with E-state index >= 15 is 0 Å². The first kappa shape index (κ1) is 9.60. The lowest BCUT2D eigenvalue weighted by Crippen LogP contribution is -2.22. The lowest BCUT2D eigenvalue weighted by molar-refractivity contribution is 0.524. The molecule has 0 radical (unpaired) electrons. The highest BCUT2D eigenvalue weighted by atomic mass is 32.2. The minimum absolute atomic E-state index is 0.794. The van der Waals surface area contributed by atoms with Gasteiger partial charge in [-0.2, -0.15) is 0 Å². The number of hydrogen-bond acceptors (Lipinski definition) is 4. The molecule has 0 unspecified atom stereocenters. The molecule has 1 aromatic rings. The van der Waals surface area contributed by atoms with Crippen LogP contribution in [0.5, 0.6) is 0 Å². The van der Waals surface area contributed by atoms with E-state index in [0.717, 1.165) is 16.1 Å². The Morgan fingerprint density at radius 3 is 3.00 bits per heavy atom. The molecule has 0 saturated heterocycles. The first-order valence-corrected chi connectivity index (χ1v) is 6.89. The van der Waals surface area contributed by atoms with E-state index < -0.39 is 0 Å². The highest BCUT2D eigenvalue weighted by Crippen LogP contribution is 2.37. The van der Waals surface area contributed by atoms with Gasteiger partial charge in [-0.25, -0.2) is 4.99 Å². The first-order valence-electron chi connectivity index (χ1n) is 5.19. The van der Waals surface area contributed by atoms with E-state index in [1.807, 2.05) is 23.9 Å². The van der Waals surface area contributed by atoms with Crippen molar-refractivity contribution in [2.75, 3.05) is 0 Å². The minimum atomic E-state index is 0.794. The normalized spacial score (nSPS) is 19.9. The first-order chi connectivity index (χ1) is 7.42. The monoisotopic (exact) mass is 236 g/mol. The molecule has 1 N–H and O–H groups in total. The molecule has 0 spiro atoms. The van der Waals surface area contributed by atoms with Crippen LogP contribution in [-0.4, -0.2) is 10.4 Å². The summed E-state index contributed by atoms with van der Waals surface area (Å²) in [6.45, 7) is 0. The summed E-state index contributed by atoms with van der Waals surface area (Å²) in [5.41, 5.74) is 1.10. The third-order valence-corrected chi connectivity index (χ3v) is 4.88. The molecule has 0 aromatic heterocycles. The fraction of sp³-hybridized carbons (Fsp3) is 0.364. The second kappa shape index (κ2) is 4.10. The summed E-state index contributed by atoms with van der Waals surface area (Å²) in [6.07, 6.45) is 4.07. The number of para-hydroxylation sites is 1. The molecule has 0 bridgehead atoms. The van der Waals surface area contributed by atoms with Gasteiger partial charge < -0.3 is 4.72 Å². The van der Waals surface area contributed by atoms with Crippen molar-refractivity contribution in [2.24, 2.45) is 4.99 Å². The van der Waals surface area contributed by atoms with Gasteiger partial charge in [-0.15, -0.1) is 0 Å². The molecular formula is C11H12N2S2. The molecule has 1 fully saturated rings. The number of nitrogens with one attached hydrogen (secondary N) is 1. The fourth-order valence-corrected chi connectivity index (χ4v) is 3.52. The van der Waals surface area contributed by atoms with Crippen LogP contribution < -0.4 is 4.72 Å². The predicted molar refractivity (Wildman–Crippen MR) is 67.8 cm³/mol. The summed E-state index contributed by atoms with van der Waals surface area (Å²) in [5, 5.41) is 1.87. The number of nitrogens with zero attached hydrogens (tertiary/aromatic N) is 1. The number of aliphatic imine (C=N–C) groups is 1. The van der Waals surface area contributed by atoms with Crippen LogP contribution in [0.25, 0.3) is 0 Å². The van der Waals surface area contributed by atoms with Crippen molar-refractivity contribution in [3.63, 3.8) is 0 Å². The molecule has 1 aliphatic carbocycles. The molecule has 2 aliphatic rings. The average molecular weight is 236 g/mol. The molecule has 1 aliphatic heterocycles. The van der Waals surface area contributed by atoms with E-state index in [2.05, 4.69) is 21.8 Å². The maximum absolute atomic E-state index is 4.61. The standard InChI is InChI=1S/C11H12N2S2/c1-2-7-10-9(6-1)12-11(13-15-10)14-8-4-3-5-8/h1-2,6-8H,3-5H2,(H,12,13). The van der Waals surface area contributed by atoms with Crippen LogP contribution in [0.4, 0.5) is 5.69 Å². The zero-order valence-corrected chi connectivity index (χ0v) is 9.90. The van der Waals surface area contributed by atoms with Gasteiger partial charge in [-0.3, -0.25) is 0 Å². The van der Waals surface area contributed by atoms with Crippen molar-refractivity contribution in [3.05, 3.63) is 24.3 Å². The summed E-state index contributed by atoms with van der Waals surface area (Å²) in [7, 11) is 0. The number of rotatable bonds is 1. The van der Waals surface area contributed by atoms with Crippen molar-refractivity contribution >= 4 is 34.6 Å². The third-order valence-electron chi connectivity index (χ3n) is 2.67. The SMILES string of the molecule is c1ccc2c(c1)N=C(SC1CCC1)NS2. The predicted octanol–water partition coefficient (Wildman–Crippen LogP) is 3.57. The van der Waals surface area contributed by atoms with E-state index in [-0.39, 0.29) is 0 Å². The van der Waals surface area contributed by atoms with E-state index in [9.17, 15) is 0 Å². The highest BCUT2D eigenvalue weighted by molar-refractivity contribution is 8.16. The molecule has 4 heteroatoms. The zero-order valence-electron chi connectivity index (χ0n) is 8.27. The van der Waals surface area contributed by atoms with Crippen LogP contribution in [0.15, 0.2) is 34.2 Å². The molecule has 3 rings (SSSR count). The van der Waals surface area contributed by atoms with Crippen molar-refractivity contribution in [1.29, 1.82) is 0 Å². The number of thioether (sulfide) groups is 1. The van der Waals surface area contributed by atoms with Crippen LogP contribution in [-0.2, 0) is 0 Å². The van der Waals surface area contributed by atoms with Crippen molar-refractivity contribution in [3.8, 4) is 0 Å². The topological polar surface area (TPSA) is 24.4 Å². The van der Waals surface area contributed by atoms with Crippen LogP contribution in [0.3, 0.4) is 0 Å². The maximum atomic E-state index is 4.61. The molecular weight excluding hydrogens is 224 g/mol. The molecule has 1 saturated carbocycles. The van der Waals surface area contributed by atoms with E-state index in [1.54, 1.807) is 11.9 Å². The van der Waals surface area contributed by atoms with Gasteiger partial charge in [0.1, 0.15) is 0 Å². The molecule has 0 atom stereocenters. The molecule has 0 amide bonds. The second-order valence-electron chi connectivity index (χ2n) is 3.76. The lowest BCUT2D eigenvalue weighted by atomic mass is 10.0. The number of fused-ring (bicyclic) bond motifs is 1. The molecule has 1 aromatic carbocycles. The summed E-state index contributed by atoms with van der Waals surface area (Å²) in [4.78, 5) is 5.83. The number of amidine groups is 1. The van der Waals surface area contributed by atoms with Crippen LogP contribution in [0, 0.1) is 0 Å². The Labute approximate surface area is 98.1 Å². The fourth-order valence-electron chi connectivity index (χ4n) is 1.56. The maximum Gasteiger partial charge on any atom is 0.172 e. The van der Waals surface area contributed by atoms with Gasteiger partial charge in [0.25, 0.3) is 0 Å². The average Bonchev–Trinajstić information content (AvgIpc) is 2.23. The molecule has 15 heavy (non-hydrogen) atoms. The highest BCUT2D eigenvalue weighted by Gasteiger charge is 2.22. The number of benzene rings is 1. The van der Waals surface area contributed by atoms with Crippen molar-refractivity contribution in [1.82, 2.24) is 4.72 Å². The van der Waals surface area contributed by atoms with Gasteiger partial charge in [-0.1, -0.05) is 30.3 Å². The van der Waals surface area contributed by atoms with Gasteiger partial charge in [-0.05, 0) is 36.9 Å². The minimum Gasteiger partial charge on any atom is -0.305 e. The van der Waals surface area contributed by atoms with E-state index in [1.165, 1.54) is 24.2 Å². The summed E-state index contributed by atoms with van der Waals surface area (Å²) in [6, 6.07) is 8.26. The van der Waals surface area contributed by atoms with Gasteiger partial charge in [0.15, 0.2) is 5.17 Å². The summed E-state index contributed by atoms with van der Waals surface area (Å²) in [5.74, 6) is 0. The lowest BCUT2D eigenvalue weighted by Gasteiger charge is -2.26. The Morgan fingerprint density at radius 1 is 1.33 bits per heavy atom. The Kier molecular flexibility index (Phi) is 2.63. The zero-order chi connectivity index (χ0) is 10.1. The van der Waals surface area contributed by atoms with Crippen LogP contribution >= 0.6 is 23.7 Å². The Hall–Kier alpha value is -0.610. The molecule has 2 nitrogen and oxygen atoms in total. The summed E-state index contributed by atoms with van der Waals surface area (Å²) >= 11 is 3.56. The van der Waals surface area contributed by atoms with Crippen LogP contribution in [0.2, 0.25) is 0 Å². The van der Waals surface area contributed by atoms with E-state index in [0.29, 0.717) is 0 Å². The van der Waals surface area contributed by atoms with Gasteiger partial charge >= 0.3 is 0 Å². The molecule has 78 valence electrons. The van der Waals surface area contributed by atoms with Crippen molar-refractivity contribution < 1.29 is 0 Å². The van der Waals surface area contributed by atoms with Gasteiger partial charge in [0.05, 0.1) is 10.6 Å². The summed E-state index contributed by atoms with van der Waals surface area (Å²) < 4.78 is 3.30. The van der Waals surface area contributed by atoms with Crippen LogP contribution in [0.1, 0.15) is 19.3 Å². The Morgan fingerprint density at radius 2 is 2.20 bits per heavy atom. The van der Waals surface area contributed by atoms with Crippen molar-refractivity contribution in [2.45, 2.75) is 29.4 Å². The third kappa shape index (κ3) is 2.01. The van der Waals surface area contributed by atoms with Gasteiger partial charge in [0, 0.05) is 5.25 Å². The molecule has 1 heterocycles. The number of hydrogen-bond donors (Lipinski definition) is 1. The smallest absolute Gasteiger partial charge is 0.172 e.